The molecule has 0 radical (unpaired) electrons. The standard InChI is InChI=1S/C13H19NO5S/c1-10(6-7-13(15)16)9-14-20(17,18)12-5-3-4-11(8-12)19-2/h3-5,8,10,14H,6-7,9H2,1-2H3,(H,15,16). The van der Waals surface area contributed by atoms with Gasteiger partial charge in [-0.3, -0.25) is 4.79 Å². The summed E-state index contributed by atoms with van der Waals surface area (Å²) in [4.78, 5) is 10.6. The van der Waals surface area contributed by atoms with Gasteiger partial charge in [-0.25, -0.2) is 13.1 Å². The zero-order chi connectivity index (χ0) is 15.2. The van der Waals surface area contributed by atoms with Gasteiger partial charge in [-0.15, -0.1) is 0 Å². The lowest BCUT2D eigenvalue weighted by Crippen LogP contribution is -2.28. The van der Waals surface area contributed by atoms with Crippen molar-refractivity contribution in [2.45, 2.75) is 24.7 Å². The molecule has 1 unspecified atom stereocenters. The zero-order valence-corrected chi connectivity index (χ0v) is 12.3. The van der Waals surface area contributed by atoms with Gasteiger partial charge < -0.3 is 9.84 Å². The van der Waals surface area contributed by atoms with Crippen LogP contribution >= 0.6 is 0 Å². The second-order valence-electron chi connectivity index (χ2n) is 4.57. The summed E-state index contributed by atoms with van der Waals surface area (Å²) in [6, 6.07) is 6.17. The summed E-state index contributed by atoms with van der Waals surface area (Å²) in [5.41, 5.74) is 0. The molecule has 20 heavy (non-hydrogen) atoms. The van der Waals surface area contributed by atoms with Crippen LogP contribution in [0.25, 0.3) is 0 Å². The summed E-state index contributed by atoms with van der Waals surface area (Å²) in [6.07, 6.45) is 0.456. The van der Waals surface area contributed by atoms with Crippen molar-refractivity contribution in [3.63, 3.8) is 0 Å². The van der Waals surface area contributed by atoms with E-state index in [2.05, 4.69) is 4.72 Å². The second kappa shape index (κ2) is 7.25. The van der Waals surface area contributed by atoms with E-state index in [-0.39, 0.29) is 23.8 Å². The van der Waals surface area contributed by atoms with Gasteiger partial charge in [0.2, 0.25) is 10.0 Å². The van der Waals surface area contributed by atoms with E-state index in [9.17, 15) is 13.2 Å². The third-order valence-electron chi connectivity index (χ3n) is 2.82. The molecule has 0 bridgehead atoms. The molecule has 0 spiro atoms. The van der Waals surface area contributed by atoms with E-state index in [1.807, 2.05) is 0 Å². The van der Waals surface area contributed by atoms with E-state index in [0.717, 1.165) is 0 Å². The molecule has 112 valence electrons. The molecule has 1 rings (SSSR count). The predicted octanol–water partition coefficient (Wildman–Crippen LogP) is 1.47. The number of rotatable bonds is 8. The molecule has 0 aliphatic heterocycles. The molecular weight excluding hydrogens is 282 g/mol. The molecule has 0 saturated heterocycles. The average Bonchev–Trinajstić information content (AvgIpc) is 2.43. The minimum atomic E-state index is -3.60. The van der Waals surface area contributed by atoms with Crippen molar-refractivity contribution < 1.29 is 23.1 Å². The minimum absolute atomic E-state index is 0.0298. The predicted molar refractivity (Wildman–Crippen MR) is 74.2 cm³/mol. The highest BCUT2D eigenvalue weighted by Crippen LogP contribution is 2.17. The third kappa shape index (κ3) is 5.18. The van der Waals surface area contributed by atoms with Crippen LogP contribution in [0.4, 0.5) is 0 Å². The molecule has 0 amide bonds. The van der Waals surface area contributed by atoms with Crippen LogP contribution in [0, 0.1) is 5.92 Å². The van der Waals surface area contributed by atoms with E-state index in [0.29, 0.717) is 12.2 Å². The Morgan fingerprint density at radius 3 is 2.75 bits per heavy atom. The molecular formula is C13H19NO5S. The van der Waals surface area contributed by atoms with E-state index >= 15 is 0 Å². The quantitative estimate of drug-likeness (QED) is 0.758. The van der Waals surface area contributed by atoms with Crippen molar-refractivity contribution in [3.05, 3.63) is 24.3 Å². The lowest BCUT2D eigenvalue weighted by atomic mass is 10.1. The topological polar surface area (TPSA) is 92.7 Å². The van der Waals surface area contributed by atoms with Crippen LogP contribution < -0.4 is 9.46 Å². The Bertz CT molecular complexity index is 556. The Hall–Kier alpha value is -1.60. The molecule has 7 heteroatoms. The van der Waals surface area contributed by atoms with Gasteiger partial charge in [0, 0.05) is 19.0 Å². The smallest absolute Gasteiger partial charge is 0.303 e. The molecule has 6 nitrogen and oxygen atoms in total. The largest absolute Gasteiger partial charge is 0.497 e. The second-order valence-corrected chi connectivity index (χ2v) is 6.34. The van der Waals surface area contributed by atoms with Crippen LogP contribution in [-0.4, -0.2) is 33.1 Å². The molecule has 0 saturated carbocycles. The lowest BCUT2D eigenvalue weighted by Gasteiger charge is -2.12. The maximum absolute atomic E-state index is 12.1. The number of hydrogen-bond acceptors (Lipinski definition) is 4. The number of benzene rings is 1. The first kappa shape index (κ1) is 16.5. The molecule has 0 heterocycles. The molecule has 0 aromatic heterocycles. The summed E-state index contributed by atoms with van der Waals surface area (Å²) in [7, 11) is -2.14. The van der Waals surface area contributed by atoms with Gasteiger partial charge in [-0.05, 0) is 24.5 Å². The molecule has 2 N–H and O–H groups in total. The number of carbonyl (C=O) groups is 1. The highest BCUT2D eigenvalue weighted by molar-refractivity contribution is 7.89. The molecule has 0 aliphatic rings. The van der Waals surface area contributed by atoms with Crippen LogP contribution in [0.2, 0.25) is 0 Å². The first-order chi connectivity index (χ1) is 9.35. The van der Waals surface area contributed by atoms with E-state index in [1.54, 1.807) is 19.1 Å². The van der Waals surface area contributed by atoms with Crippen LogP contribution in [0.15, 0.2) is 29.2 Å². The molecule has 0 fully saturated rings. The fourth-order valence-corrected chi connectivity index (χ4v) is 2.78. The van der Waals surface area contributed by atoms with Crippen molar-refractivity contribution >= 4 is 16.0 Å². The van der Waals surface area contributed by atoms with Gasteiger partial charge in [0.25, 0.3) is 0 Å². The first-order valence-corrected chi connectivity index (χ1v) is 7.69. The summed E-state index contributed by atoms with van der Waals surface area (Å²) in [6.45, 7) is 2.00. The van der Waals surface area contributed by atoms with Gasteiger partial charge in [0.15, 0.2) is 0 Å². The summed E-state index contributed by atoms with van der Waals surface area (Å²) in [5, 5.41) is 8.57. The Morgan fingerprint density at radius 2 is 2.15 bits per heavy atom. The van der Waals surface area contributed by atoms with Crippen molar-refractivity contribution in [1.29, 1.82) is 0 Å². The maximum Gasteiger partial charge on any atom is 0.303 e. The minimum Gasteiger partial charge on any atom is -0.497 e. The normalized spacial score (nSPS) is 12.9. The third-order valence-corrected chi connectivity index (χ3v) is 4.25. The number of ether oxygens (including phenoxy) is 1. The van der Waals surface area contributed by atoms with Crippen LogP contribution in [-0.2, 0) is 14.8 Å². The first-order valence-electron chi connectivity index (χ1n) is 6.20. The number of sulfonamides is 1. The monoisotopic (exact) mass is 301 g/mol. The maximum atomic E-state index is 12.1. The van der Waals surface area contributed by atoms with Crippen molar-refractivity contribution in [3.8, 4) is 5.75 Å². The van der Waals surface area contributed by atoms with Gasteiger partial charge in [0.05, 0.1) is 12.0 Å². The highest BCUT2D eigenvalue weighted by atomic mass is 32.2. The molecule has 1 aromatic rings. The van der Waals surface area contributed by atoms with Crippen molar-refractivity contribution in [2.75, 3.05) is 13.7 Å². The molecule has 1 aromatic carbocycles. The summed E-state index contributed by atoms with van der Waals surface area (Å²) < 4.78 is 31.6. The Balaban J connectivity index is 2.63. The van der Waals surface area contributed by atoms with Gasteiger partial charge in [-0.2, -0.15) is 0 Å². The van der Waals surface area contributed by atoms with Crippen molar-refractivity contribution in [1.82, 2.24) is 4.72 Å². The van der Waals surface area contributed by atoms with E-state index < -0.39 is 16.0 Å². The number of methoxy groups -OCH3 is 1. The SMILES string of the molecule is COc1cccc(S(=O)(=O)NCC(C)CCC(=O)O)c1. The molecule has 0 aliphatic carbocycles. The Morgan fingerprint density at radius 1 is 1.45 bits per heavy atom. The molecule has 1 atom stereocenters. The van der Waals surface area contributed by atoms with Gasteiger partial charge in [-0.1, -0.05) is 13.0 Å². The highest BCUT2D eigenvalue weighted by Gasteiger charge is 2.16. The number of aliphatic carboxylic acids is 1. The average molecular weight is 301 g/mol. The van der Waals surface area contributed by atoms with Crippen LogP contribution in [0.3, 0.4) is 0 Å². The Kier molecular flexibility index (Phi) is 5.97. The summed E-state index contributed by atoms with van der Waals surface area (Å²) >= 11 is 0. The van der Waals surface area contributed by atoms with E-state index in [4.69, 9.17) is 9.84 Å². The Labute approximate surface area is 118 Å². The number of carboxylic acids is 1. The van der Waals surface area contributed by atoms with Gasteiger partial charge in [0.1, 0.15) is 5.75 Å². The zero-order valence-electron chi connectivity index (χ0n) is 11.5. The summed E-state index contributed by atoms with van der Waals surface area (Å²) in [5.74, 6) is -0.467. The fraction of sp³-hybridized carbons (Fsp3) is 0.462. The van der Waals surface area contributed by atoms with Gasteiger partial charge >= 0.3 is 5.97 Å². The van der Waals surface area contributed by atoms with E-state index in [1.165, 1.54) is 19.2 Å². The van der Waals surface area contributed by atoms with Crippen molar-refractivity contribution in [2.24, 2.45) is 5.92 Å². The number of nitrogens with one attached hydrogen (secondary N) is 1. The van der Waals surface area contributed by atoms with Crippen LogP contribution in [0.1, 0.15) is 19.8 Å². The number of hydrogen-bond donors (Lipinski definition) is 2. The number of carboxylic acid groups (broad SMARTS) is 1. The van der Waals surface area contributed by atoms with Crippen LogP contribution in [0.5, 0.6) is 5.75 Å². The fourth-order valence-electron chi connectivity index (χ4n) is 1.58. The lowest BCUT2D eigenvalue weighted by molar-refractivity contribution is -0.137.